The lowest BCUT2D eigenvalue weighted by atomic mass is 9.75. The molecule has 1 saturated heterocycles. The Balaban J connectivity index is 1.61. The first-order chi connectivity index (χ1) is 14.2. The van der Waals surface area contributed by atoms with Crippen LogP contribution in [-0.2, 0) is 14.4 Å². The van der Waals surface area contributed by atoms with Crippen LogP contribution in [0.2, 0.25) is 0 Å². The van der Waals surface area contributed by atoms with Crippen LogP contribution in [0, 0.1) is 5.92 Å². The fourth-order valence-electron chi connectivity index (χ4n) is 3.91. The molecule has 10 heteroatoms. The Labute approximate surface area is 180 Å². The van der Waals surface area contributed by atoms with Crippen molar-refractivity contribution in [2.45, 2.75) is 70.0 Å². The molecule has 166 valence electrons. The highest BCUT2D eigenvalue weighted by Crippen LogP contribution is 2.33. The number of amides is 5. The number of hydrogen-bond acceptors (Lipinski definition) is 6. The van der Waals surface area contributed by atoms with E-state index in [1.807, 2.05) is 19.9 Å². The van der Waals surface area contributed by atoms with Crippen LogP contribution in [0.25, 0.3) is 0 Å². The largest absolute Gasteiger partial charge is 0.340 e. The van der Waals surface area contributed by atoms with Crippen molar-refractivity contribution in [3.8, 4) is 0 Å². The number of nitrogens with two attached hydrogens (primary N) is 1. The SMILES string of the molecule is CC(C)[C@H](N)C(=O)N1CCC[C@H]1C(=O)NC1(C(=O)NC(=O)NC2=CCCS2)CCC1. The Hall–Kier alpha value is -2.07. The van der Waals surface area contributed by atoms with Crippen molar-refractivity contribution in [1.82, 2.24) is 20.9 Å². The number of rotatable bonds is 6. The van der Waals surface area contributed by atoms with E-state index in [-0.39, 0.29) is 17.7 Å². The van der Waals surface area contributed by atoms with Crippen LogP contribution in [0.3, 0.4) is 0 Å². The van der Waals surface area contributed by atoms with Gasteiger partial charge in [0.15, 0.2) is 0 Å². The third-order valence-electron chi connectivity index (χ3n) is 6.02. The summed E-state index contributed by atoms with van der Waals surface area (Å²) in [6.45, 7) is 4.21. The fraction of sp³-hybridized carbons (Fsp3) is 0.700. The molecule has 0 aromatic heterocycles. The highest BCUT2D eigenvalue weighted by molar-refractivity contribution is 8.03. The maximum atomic E-state index is 13.0. The summed E-state index contributed by atoms with van der Waals surface area (Å²) in [5.41, 5.74) is 4.89. The summed E-state index contributed by atoms with van der Waals surface area (Å²) in [4.78, 5) is 52.1. The lowest BCUT2D eigenvalue weighted by Crippen LogP contribution is -2.66. The summed E-state index contributed by atoms with van der Waals surface area (Å²) in [6, 6.07) is -1.89. The van der Waals surface area contributed by atoms with Crippen molar-refractivity contribution in [3.63, 3.8) is 0 Å². The molecule has 30 heavy (non-hydrogen) atoms. The summed E-state index contributed by atoms with van der Waals surface area (Å²) >= 11 is 1.52. The van der Waals surface area contributed by atoms with Crippen LogP contribution in [0.5, 0.6) is 0 Å². The Morgan fingerprint density at radius 2 is 1.97 bits per heavy atom. The lowest BCUT2D eigenvalue weighted by Gasteiger charge is -2.41. The molecule has 2 heterocycles. The van der Waals surface area contributed by atoms with Crippen molar-refractivity contribution in [2.75, 3.05) is 12.3 Å². The number of thioether (sulfide) groups is 1. The van der Waals surface area contributed by atoms with Crippen molar-refractivity contribution in [2.24, 2.45) is 11.7 Å². The molecular weight excluding hydrogens is 406 g/mol. The highest BCUT2D eigenvalue weighted by Gasteiger charge is 2.48. The number of imide groups is 1. The van der Waals surface area contributed by atoms with Gasteiger partial charge >= 0.3 is 6.03 Å². The lowest BCUT2D eigenvalue weighted by molar-refractivity contribution is -0.143. The molecule has 0 unspecified atom stereocenters. The van der Waals surface area contributed by atoms with Gasteiger partial charge in [-0.05, 0) is 44.4 Å². The summed E-state index contributed by atoms with van der Waals surface area (Å²) < 4.78 is 0. The Morgan fingerprint density at radius 3 is 2.53 bits per heavy atom. The number of allylic oxidation sites excluding steroid dienone is 1. The monoisotopic (exact) mass is 437 g/mol. The third-order valence-corrected chi connectivity index (χ3v) is 7.03. The Morgan fingerprint density at radius 1 is 1.23 bits per heavy atom. The molecule has 5 N–H and O–H groups in total. The fourth-order valence-corrected chi connectivity index (χ4v) is 4.77. The van der Waals surface area contributed by atoms with E-state index in [2.05, 4.69) is 16.0 Å². The molecule has 1 saturated carbocycles. The second kappa shape index (κ2) is 9.38. The third kappa shape index (κ3) is 4.80. The van der Waals surface area contributed by atoms with Crippen LogP contribution < -0.4 is 21.7 Å². The number of likely N-dealkylation sites (tertiary alicyclic amines) is 1. The van der Waals surface area contributed by atoms with Crippen LogP contribution in [0.1, 0.15) is 52.4 Å². The first kappa shape index (κ1) is 22.6. The van der Waals surface area contributed by atoms with Gasteiger partial charge in [-0.3, -0.25) is 19.7 Å². The quantitative estimate of drug-likeness (QED) is 0.486. The van der Waals surface area contributed by atoms with Crippen LogP contribution in [-0.4, -0.2) is 58.6 Å². The second-order valence-electron chi connectivity index (χ2n) is 8.50. The van der Waals surface area contributed by atoms with Gasteiger partial charge in [0.1, 0.15) is 11.6 Å². The Kier molecular flexibility index (Phi) is 7.07. The standard InChI is InChI=1S/C20H31N5O4S/c1-12(2)15(21)17(27)25-10-3-6-13(25)16(26)24-20(8-5-9-20)18(28)23-19(29)22-14-7-4-11-30-14/h7,12-13,15H,3-6,8-11,21H2,1-2H3,(H,24,26)(H2,22,23,28,29)/t13-,15-/m0/s1. The van der Waals surface area contributed by atoms with Gasteiger partial charge in [-0.1, -0.05) is 19.9 Å². The van der Waals surface area contributed by atoms with Crippen LogP contribution in [0.4, 0.5) is 4.79 Å². The van der Waals surface area contributed by atoms with Gasteiger partial charge in [0.05, 0.1) is 11.1 Å². The minimum Gasteiger partial charge on any atom is -0.340 e. The molecule has 0 radical (unpaired) electrons. The minimum atomic E-state index is -1.11. The molecule has 2 atom stereocenters. The first-order valence-electron chi connectivity index (χ1n) is 10.6. The van der Waals surface area contributed by atoms with E-state index in [9.17, 15) is 19.2 Å². The van der Waals surface area contributed by atoms with Gasteiger partial charge in [-0.15, -0.1) is 11.8 Å². The summed E-state index contributed by atoms with van der Waals surface area (Å²) in [5, 5.41) is 8.58. The molecule has 0 spiro atoms. The summed E-state index contributed by atoms with van der Waals surface area (Å²) in [6.07, 6.45) is 5.73. The zero-order chi connectivity index (χ0) is 21.9. The zero-order valence-corrected chi connectivity index (χ0v) is 18.3. The minimum absolute atomic E-state index is 0.0304. The topological polar surface area (TPSA) is 134 Å². The normalized spacial score (nSPS) is 23.4. The van der Waals surface area contributed by atoms with E-state index >= 15 is 0 Å². The average molecular weight is 438 g/mol. The van der Waals surface area contributed by atoms with E-state index in [0.29, 0.717) is 32.2 Å². The van der Waals surface area contributed by atoms with Gasteiger partial charge in [-0.25, -0.2) is 4.79 Å². The molecule has 9 nitrogen and oxygen atoms in total. The summed E-state index contributed by atoms with van der Waals surface area (Å²) in [7, 11) is 0. The molecule has 2 aliphatic heterocycles. The smallest absolute Gasteiger partial charge is 0.326 e. The highest BCUT2D eigenvalue weighted by atomic mass is 32.2. The first-order valence-corrected chi connectivity index (χ1v) is 11.6. The van der Waals surface area contributed by atoms with Gasteiger partial charge in [0.2, 0.25) is 11.8 Å². The predicted molar refractivity (Wildman–Crippen MR) is 114 cm³/mol. The molecule has 0 bridgehead atoms. The van der Waals surface area contributed by atoms with Crippen LogP contribution in [0.15, 0.2) is 11.1 Å². The number of hydrogen-bond donors (Lipinski definition) is 4. The number of nitrogens with zero attached hydrogens (tertiary/aromatic N) is 1. The van der Waals surface area contributed by atoms with E-state index < -0.39 is 29.6 Å². The van der Waals surface area contributed by atoms with Crippen LogP contribution >= 0.6 is 11.8 Å². The van der Waals surface area contributed by atoms with Crippen molar-refractivity contribution < 1.29 is 19.2 Å². The number of urea groups is 1. The predicted octanol–water partition coefficient (Wildman–Crippen LogP) is 0.804. The van der Waals surface area contributed by atoms with Crippen molar-refractivity contribution in [3.05, 3.63) is 11.1 Å². The molecule has 1 aliphatic carbocycles. The number of carbonyl (C=O) groups is 4. The second-order valence-corrected chi connectivity index (χ2v) is 9.63. The van der Waals surface area contributed by atoms with Gasteiger partial charge in [-0.2, -0.15) is 0 Å². The van der Waals surface area contributed by atoms with Crippen molar-refractivity contribution in [1.29, 1.82) is 0 Å². The maximum Gasteiger partial charge on any atom is 0.326 e. The molecule has 0 aromatic rings. The molecule has 0 aromatic carbocycles. The number of nitrogens with one attached hydrogen (secondary N) is 3. The number of carbonyl (C=O) groups excluding carboxylic acids is 4. The van der Waals surface area contributed by atoms with E-state index in [4.69, 9.17) is 5.73 Å². The van der Waals surface area contributed by atoms with E-state index in [1.165, 1.54) is 16.7 Å². The molecule has 5 amide bonds. The molecule has 2 fully saturated rings. The molecule has 3 rings (SSSR count). The van der Waals surface area contributed by atoms with E-state index in [0.717, 1.165) is 23.6 Å². The summed E-state index contributed by atoms with van der Waals surface area (Å²) in [5.74, 6) is -0.242. The van der Waals surface area contributed by atoms with Crippen molar-refractivity contribution >= 4 is 35.5 Å². The van der Waals surface area contributed by atoms with E-state index in [1.54, 1.807) is 0 Å². The molecular formula is C20H31N5O4S. The Bertz CT molecular complexity index is 749. The van der Waals surface area contributed by atoms with Gasteiger partial charge < -0.3 is 21.3 Å². The maximum absolute atomic E-state index is 13.0. The molecule has 3 aliphatic rings. The van der Waals surface area contributed by atoms with Gasteiger partial charge in [0.25, 0.3) is 5.91 Å². The zero-order valence-electron chi connectivity index (χ0n) is 17.5. The average Bonchev–Trinajstić information content (AvgIpc) is 3.34. The van der Waals surface area contributed by atoms with Gasteiger partial charge in [0, 0.05) is 12.3 Å².